The zero-order valence-electron chi connectivity index (χ0n) is 13.1. The highest BCUT2D eigenvalue weighted by atomic mass is 16.2. The summed E-state index contributed by atoms with van der Waals surface area (Å²) < 4.78 is 0. The van der Waals surface area contributed by atoms with Gasteiger partial charge in [-0.2, -0.15) is 0 Å². The lowest BCUT2D eigenvalue weighted by Crippen LogP contribution is -2.42. The first-order valence-electron chi connectivity index (χ1n) is 7.77. The monoisotopic (exact) mass is 299 g/mol. The van der Waals surface area contributed by atoms with Gasteiger partial charge in [0, 0.05) is 51.4 Å². The van der Waals surface area contributed by atoms with Gasteiger partial charge in [-0.15, -0.1) is 13.2 Å². The summed E-state index contributed by atoms with van der Waals surface area (Å²) in [4.78, 5) is 16.6. The molecule has 4 nitrogen and oxygen atoms in total. The third-order valence-corrected chi connectivity index (χ3v) is 3.80. The first-order chi connectivity index (χ1) is 10.7. The van der Waals surface area contributed by atoms with Crippen molar-refractivity contribution in [2.24, 2.45) is 0 Å². The predicted molar refractivity (Wildman–Crippen MR) is 90.9 cm³/mol. The molecule has 1 fully saturated rings. The van der Waals surface area contributed by atoms with E-state index in [1.165, 1.54) is 5.56 Å². The number of hydrogen-bond acceptors (Lipinski definition) is 3. The number of nitrogens with one attached hydrogen (secondary N) is 1. The van der Waals surface area contributed by atoms with Crippen LogP contribution in [0.4, 0.5) is 0 Å². The Labute approximate surface area is 133 Å². The minimum absolute atomic E-state index is 0.0218. The van der Waals surface area contributed by atoms with Crippen LogP contribution in [0.2, 0.25) is 0 Å². The highest BCUT2D eigenvalue weighted by Gasteiger charge is 2.14. The van der Waals surface area contributed by atoms with Gasteiger partial charge >= 0.3 is 0 Å². The number of hydrogen-bond donors (Lipinski definition) is 1. The molecule has 1 aromatic carbocycles. The summed E-state index contributed by atoms with van der Waals surface area (Å²) in [6, 6.07) is 7.93. The molecular weight excluding hydrogens is 274 g/mol. The summed E-state index contributed by atoms with van der Waals surface area (Å²) in [6.07, 6.45) is 3.47. The van der Waals surface area contributed by atoms with E-state index < -0.39 is 0 Å². The second-order valence-electron chi connectivity index (χ2n) is 5.51. The number of rotatable bonds is 7. The molecule has 0 aliphatic carbocycles. The van der Waals surface area contributed by atoms with Crippen LogP contribution < -0.4 is 5.32 Å². The lowest BCUT2D eigenvalue weighted by Gasteiger charge is -2.27. The number of benzene rings is 1. The Morgan fingerprint density at radius 1 is 1.14 bits per heavy atom. The molecule has 0 spiro atoms. The summed E-state index contributed by atoms with van der Waals surface area (Å²) >= 11 is 0. The van der Waals surface area contributed by atoms with Crippen molar-refractivity contribution in [2.45, 2.75) is 6.54 Å². The van der Waals surface area contributed by atoms with Crippen LogP contribution in [0.5, 0.6) is 0 Å². The molecule has 118 valence electrons. The highest BCUT2D eigenvalue weighted by molar-refractivity contribution is 5.94. The van der Waals surface area contributed by atoms with E-state index in [0.29, 0.717) is 18.7 Å². The standard InChI is InChI=1S/C18H25N3O/c1-3-11-21(12-4-2)18(22)17-7-5-16(6-8-17)15-20-13-9-19-10-14-20/h3-8,19H,1-2,9-15H2. The van der Waals surface area contributed by atoms with E-state index in [1.54, 1.807) is 17.1 Å². The maximum Gasteiger partial charge on any atom is 0.254 e. The van der Waals surface area contributed by atoms with Crippen molar-refractivity contribution in [1.29, 1.82) is 0 Å². The SMILES string of the molecule is C=CCN(CC=C)C(=O)c1ccc(CN2CCNCC2)cc1. The smallest absolute Gasteiger partial charge is 0.254 e. The van der Waals surface area contributed by atoms with E-state index in [2.05, 4.69) is 35.5 Å². The Morgan fingerprint density at radius 3 is 2.27 bits per heavy atom. The molecule has 2 rings (SSSR count). The Balaban J connectivity index is 1.98. The molecule has 1 aliphatic heterocycles. The van der Waals surface area contributed by atoms with Gasteiger partial charge in [-0.3, -0.25) is 9.69 Å². The van der Waals surface area contributed by atoms with Gasteiger partial charge in [0.1, 0.15) is 0 Å². The summed E-state index contributed by atoms with van der Waals surface area (Å²) in [5.74, 6) is 0.0218. The van der Waals surface area contributed by atoms with Crippen molar-refractivity contribution >= 4 is 5.91 Å². The summed E-state index contributed by atoms with van der Waals surface area (Å²) in [6.45, 7) is 13.7. The van der Waals surface area contributed by atoms with Gasteiger partial charge in [0.2, 0.25) is 0 Å². The lowest BCUT2D eigenvalue weighted by molar-refractivity contribution is 0.0791. The molecule has 1 heterocycles. The molecule has 1 saturated heterocycles. The average molecular weight is 299 g/mol. The molecule has 4 heteroatoms. The van der Waals surface area contributed by atoms with Crippen LogP contribution in [-0.4, -0.2) is 55.0 Å². The van der Waals surface area contributed by atoms with E-state index >= 15 is 0 Å². The zero-order valence-corrected chi connectivity index (χ0v) is 13.1. The van der Waals surface area contributed by atoms with Crippen LogP contribution in [0.3, 0.4) is 0 Å². The van der Waals surface area contributed by atoms with E-state index in [1.807, 2.05) is 12.1 Å². The molecule has 22 heavy (non-hydrogen) atoms. The first kappa shape index (κ1) is 16.5. The quantitative estimate of drug-likeness (QED) is 0.781. The van der Waals surface area contributed by atoms with Crippen LogP contribution in [0.1, 0.15) is 15.9 Å². The molecule has 0 atom stereocenters. The molecule has 1 amide bonds. The molecular formula is C18H25N3O. The molecule has 1 N–H and O–H groups in total. The number of piperazine rings is 1. The average Bonchev–Trinajstić information content (AvgIpc) is 2.56. The van der Waals surface area contributed by atoms with Crippen molar-refractivity contribution in [3.63, 3.8) is 0 Å². The third-order valence-electron chi connectivity index (χ3n) is 3.80. The Morgan fingerprint density at radius 2 is 1.73 bits per heavy atom. The van der Waals surface area contributed by atoms with E-state index in [9.17, 15) is 4.79 Å². The van der Waals surface area contributed by atoms with E-state index in [0.717, 1.165) is 32.7 Å². The molecule has 0 bridgehead atoms. The highest BCUT2D eigenvalue weighted by Crippen LogP contribution is 2.11. The first-order valence-corrected chi connectivity index (χ1v) is 7.77. The molecule has 0 aromatic heterocycles. The Kier molecular flexibility index (Phi) is 6.37. The van der Waals surface area contributed by atoms with Gasteiger partial charge in [0.25, 0.3) is 5.91 Å². The maximum absolute atomic E-state index is 12.4. The second kappa shape index (κ2) is 8.51. The molecule has 1 aliphatic rings. The lowest BCUT2D eigenvalue weighted by atomic mass is 10.1. The Hall–Kier alpha value is -1.91. The molecule has 1 aromatic rings. The van der Waals surface area contributed by atoms with Crippen molar-refractivity contribution in [3.05, 3.63) is 60.7 Å². The van der Waals surface area contributed by atoms with Gasteiger partial charge in [-0.1, -0.05) is 24.3 Å². The fourth-order valence-corrected chi connectivity index (χ4v) is 2.61. The topological polar surface area (TPSA) is 35.6 Å². The molecule has 0 unspecified atom stereocenters. The van der Waals surface area contributed by atoms with Gasteiger partial charge < -0.3 is 10.2 Å². The number of carbonyl (C=O) groups excluding carboxylic acids is 1. The second-order valence-corrected chi connectivity index (χ2v) is 5.51. The van der Waals surface area contributed by atoms with E-state index in [-0.39, 0.29) is 5.91 Å². The van der Waals surface area contributed by atoms with Gasteiger partial charge in [0.15, 0.2) is 0 Å². The van der Waals surface area contributed by atoms with Crippen LogP contribution in [0, 0.1) is 0 Å². The predicted octanol–water partition coefficient (Wildman–Crippen LogP) is 1.91. The van der Waals surface area contributed by atoms with Gasteiger partial charge in [-0.05, 0) is 17.7 Å². The van der Waals surface area contributed by atoms with Crippen molar-refractivity contribution in [2.75, 3.05) is 39.3 Å². The third kappa shape index (κ3) is 4.55. The fourth-order valence-electron chi connectivity index (χ4n) is 2.61. The number of amides is 1. The van der Waals surface area contributed by atoms with E-state index in [4.69, 9.17) is 0 Å². The summed E-state index contributed by atoms with van der Waals surface area (Å²) in [5.41, 5.74) is 1.96. The fraction of sp³-hybridized carbons (Fsp3) is 0.389. The number of nitrogens with zero attached hydrogens (tertiary/aromatic N) is 2. The van der Waals surface area contributed by atoms with Crippen LogP contribution >= 0.6 is 0 Å². The van der Waals surface area contributed by atoms with Gasteiger partial charge in [0.05, 0.1) is 0 Å². The summed E-state index contributed by atoms with van der Waals surface area (Å²) in [7, 11) is 0. The Bertz CT molecular complexity index is 494. The largest absolute Gasteiger partial charge is 0.331 e. The molecule has 0 saturated carbocycles. The van der Waals surface area contributed by atoms with Crippen molar-refractivity contribution < 1.29 is 4.79 Å². The van der Waals surface area contributed by atoms with Crippen LogP contribution in [-0.2, 0) is 6.54 Å². The zero-order chi connectivity index (χ0) is 15.8. The van der Waals surface area contributed by atoms with Crippen molar-refractivity contribution in [3.8, 4) is 0 Å². The summed E-state index contributed by atoms with van der Waals surface area (Å²) in [5, 5.41) is 3.35. The molecule has 0 radical (unpaired) electrons. The number of carbonyl (C=O) groups is 1. The maximum atomic E-state index is 12.4. The van der Waals surface area contributed by atoms with Crippen molar-refractivity contribution in [1.82, 2.24) is 15.1 Å². The van der Waals surface area contributed by atoms with Gasteiger partial charge in [-0.25, -0.2) is 0 Å². The minimum Gasteiger partial charge on any atom is -0.331 e. The van der Waals surface area contributed by atoms with Crippen LogP contribution in [0.25, 0.3) is 0 Å². The minimum atomic E-state index is 0.0218. The van der Waals surface area contributed by atoms with Crippen LogP contribution in [0.15, 0.2) is 49.6 Å². The normalized spacial score (nSPS) is 15.3.